The Morgan fingerprint density at radius 3 is 2.46 bits per heavy atom. The number of halogens is 4. The Labute approximate surface area is 217 Å². The van der Waals surface area contributed by atoms with Gasteiger partial charge >= 0.3 is 24.2 Å². The van der Waals surface area contributed by atoms with E-state index in [1.807, 2.05) is 0 Å². The van der Waals surface area contributed by atoms with E-state index in [2.05, 4.69) is 15.2 Å². The molecule has 0 radical (unpaired) electrons. The summed E-state index contributed by atoms with van der Waals surface area (Å²) in [5.74, 6) is -3.19. The molecular weight excluding hydrogens is 534 g/mol. The number of carbonyl (C=O) groups is 3. The number of ether oxygens (including phenoxy) is 2. The highest BCUT2D eigenvalue weighted by atomic mass is 19.4. The van der Waals surface area contributed by atoms with Crippen molar-refractivity contribution in [3.63, 3.8) is 0 Å². The summed E-state index contributed by atoms with van der Waals surface area (Å²) in [7, 11) is 0. The van der Waals surface area contributed by atoms with Gasteiger partial charge in [0.05, 0.1) is 12.2 Å². The molecule has 1 aliphatic heterocycles. The number of anilines is 1. The first kappa shape index (κ1) is 29.0. The molecule has 1 saturated heterocycles. The maximum Gasteiger partial charge on any atom is 0.490 e. The predicted molar refractivity (Wildman–Crippen MR) is 124 cm³/mol. The van der Waals surface area contributed by atoms with Crippen LogP contribution in [0.3, 0.4) is 0 Å². The number of carboxylic acids is 1. The average Bonchev–Trinajstić information content (AvgIpc) is 3.47. The van der Waals surface area contributed by atoms with Crippen molar-refractivity contribution in [2.45, 2.75) is 32.2 Å². The zero-order valence-corrected chi connectivity index (χ0v) is 20.3. The van der Waals surface area contributed by atoms with E-state index in [4.69, 9.17) is 29.5 Å². The predicted octanol–water partition coefficient (Wildman–Crippen LogP) is 3.10. The molecule has 16 heteroatoms. The largest absolute Gasteiger partial charge is 0.490 e. The summed E-state index contributed by atoms with van der Waals surface area (Å²) < 4.78 is 62.1. The van der Waals surface area contributed by atoms with E-state index in [0.29, 0.717) is 28.4 Å². The Bertz CT molecular complexity index is 1350. The van der Waals surface area contributed by atoms with Gasteiger partial charge in [0.2, 0.25) is 5.89 Å². The number of aryl methyl sites for hydroxylation is 1. The van der Waals surface area contributed by atoms with Crippen LogP contribution < -0.4 is 10.6 Å². The third kappa shape index (κ3) is 7.47. The number of aliphatic carboxylic acids is 1. The van der Waals surface area contributed by atoms with E-state index < -0.39 is 42.2 Å². The van der Waals surface area contributed by atoms with Gasteiger partial charge in [-0.15, -0.1) is 10.2 Å². The van der Waals surface area contributed by atoms with E-state index in [1.54, 1.807) is 31.2 Å². The normalized spacial score (nSPS) is 15.7. The van der Waals surface area contributed by atoms with Gasteiger partial charge in [-0.05, 0) is 31.2 Å². The second-order valence-electron chi connectivity index (χ2n) is 8.06. The van der Waals surface area contributed by atoms with Crippen LogP contribution in [-0.2, 0) is 19.1 Å². The van der Waals surface area contributed by atoms with Gasteiger partial charge in [0.15, 0.2) is 6.10 Å². The van der Waals surface area contributed by atoms with Crippen LogP contribution in [-0.4, -0.2) is 69.8 Å². The molecule has 208 valence electrons. The molecule has 0 aliphatic carbocycles. The summed E-state index contributed by atoms with van der Waals surface area (Å²) in [6.45, 7) is 3.16. The fourth-order valence-electron chi connectivity index (χ4n) is 3.11. The summed E-state index contributed by atoms with van der Waals surface area (Å²) in [6.07, 6.45) is -4.90. The number of aromatic nitrogens is 3. The second-order valence-corrected chi connectivity index (χ2v) is 8.06. The molecule has 0 bridgehead atoms. The van der Waals surface area contributed by atoms with E-state index in [-0.39, 0.29) is 19.0 Å². The molecule has 3 N–H and O–H groups in total. The lowest BCUT2D eigenvalue weighted by Crippen LogP contribution is -2.32. The van der Waals surface area contributed by atoms with Crippen LogP contribution in [0.4, 0.5) is 28.0 Å². The summed E-state index contributed by atoms with van der Waals surface area (Å²) in [5.41, 5.74) is 7.08. The molecule has 2 atom stereocenters. The lowest BCUT2D eigenvalue weighted by Gasteiger charge is -2.14. The number of hydrogen-bond acceptors (Lipinski definition) is 10. The number of rotatable bonds is 6. The number of amides is 1. The van der Waals surface area contributed by atoms with Gasteiger partial charge in [0.25, 0.3) is 5.89 Å². The third-order valence-corrected chi connectivity index (χ3v) is 4.98. The van der Waals surface area contributed by atoms with Crippen molar-refractivity contribution < 1.29 is 50.9 Å². The smallest absolute Gasteiger partial charge is 0.475 e. The quantitative estimate of drug-likeness (QED) is 0.338. The Morgan fingerprint density at radius 1 is 1.26 bits per heavy atom. The van der Waals surface area contributed by atoms with Gasteiger partial charge in [0, 0.05) is 24.2 Å². The minimum Gasteiger partial charge on any atom is -0.475 e. The van der Waals surface area contributed by atoms with Crippen LogP contribution in [0.2, 0.25) is 0 Å². The highest BCUT2D eigenvalue weighted by Gasteiger charge is 2.38. The summed E-state index contributed by atoms with van der Waals surface area (Å²) >= 11 is 0. The molecule has 1 aromatic carbocycles. The Balaban J connectivity index is 0.000000532. The van der Waals surface area contributed by atoms with Crippen molar-refractivity contribution >= 4 is 23.7 Å². The zero-order chi connectivity index (χ0) is 28.9. The third-order valence-electron chi connectivity index (χ3n) is 4.98. The first-order valence-corrected chi connectivity index (χ1v) is 11.0. The van der Waals surface area contributed by atoms with Crippen LogP contribution in [0.5, 0.6) is 0 Å². The van der Waals surface area contributed by atoms with Crippen LogP contribution in [0.25, 0.3) is 22.7 Å². The van der Waals surface area contributed by atoms with E-state index in [9.17, 15) is 27.2 Å². The molecule has 2 aromatic heterocycles. The van der Waals surface area contributed by atoms with Crippen molar-refractivity contribution in [3.8, 4) is 22.7 Å². The fourth-order valence-corrected chi connectivity index (χ4v) is 3.11. The van der Waals surface area contributed by atoms with Gasteiger partial charge < -0.3 is 24.7 Å². The number of alkyl halides is 3. The molecule has 12 nitrogen and oxygen atoms in total. The number of benzene rings is 1. The Kier molecular flexibility index (Phi) is 8.80. The van der Waals surface area contributed by atoms with Crippen LogP contribution in [0, 0.1) is 12.7 Å². The maximum absolute atomic E-state index is 14.9. The highest BCUT2D eigenvalue weighted by Crippen LogP contribution is 2.29. The van der Waals surface area contributed by atoms with Crippen molar-refractivity contribution in [2.24, 2.45) is 5.73 Å². The first-order chi connectivity index (χ1) is 18.3. The van der Waals surface area contributed by atoms with Crippen LogP contribution >= 0.6 is 0 Å². The number of carboxylic acid groups (broad SMARTS) is 1. The van der Waals surface area contributed by atoms with Crippen molar-refractivity contribution in [1.29, 1.82) is 0 Å². The van der Waals surface area contributed by atoms with Gasteiger partial charge in [-0.1, -0.05) is 6.07 Å². The van der Waals surface area contributed by atoms with Gasteiger partial charge in [-0.3, -0.25) is 14.7 Å². The van der Waals surface area contributed by atoms with Gasteiger partial charge in [-0.25, -0.2) is 14.0 Å². The summed E-state index contributed by atoms with van der Waals surface area (Å²) in [5, 5.41) is 14.8. The molecule has 3 aromatic rings. The maximum atomic E-state index is 14.9. The molecule has 1 unspecified atom stereocenters. The fraction of sp³-hybridized carbons (Fsp3) is 0.304. The molecule has 1 amide bonds. The second kappa shape index (κ2) is 11.8. The lowest BCUT2D eigenvalue weighted by atomic mass is 10.1. The van der Waals surface area contributed by atoms with E-state index >= 15 is 0 Å². The molecule has 39 heavy (non-hydrogen) atoms. The zero-order valence-electron chi connectivity index (χ0n) is 20.3. The molecule has 1 aliphatic rings. The number of esters is 1. The van der Waals surface area contributed by atoms with Crippen molar-refractivity contribution in [2.75, 3.05) is 18.1 Å². The average molecular weight is 555 g/mol. The van der Waals surface area contributed by atoms with Crippen molar-refractivity contribution in [3.05, 3.63) is 48.2 Å². The lowest BCUT2D eigenvalue weighted by molar-refractivity contribution is -0.192. The van der Waals surface area contributed by atoms with E-state index in [1.165, 1.54) is 24.1 Å². The minimum atomic E-state index is -5.08. The molecule has 1 fully saturated rings. The highest BCUT2D eigenvalue weighted by molar-refractivity contribution is 5.90. The molecule has 3 heterocycles. The monoisotopic (exact) mass is 555 g/mol. The number of carbonyl (C=O) groups excluding carboxylic acids is 2. The topological polar surface area (TPSA) is 171 Å². The number of hydrogen-bond donors (Lipinski definition) is 2. The first-order valence-electron chi connectivity index (χ1n) is 11.0. The Hall–Kier alpha value is -4.60. The molecule has 0 saturated carbocycles. The number of nitrogens with two attached hydrogens (primary N) is 1. The van der Waals surface area contributed by atoms with Gasteiger partial charge in [-0.2, -0.15) is 13.2 Å². The van der Waals surface area contributed by atoms with Crippen LogP contribution in [0.1, 0.15) is 12.8 Å². The molecular formula is C23H21F4N5O7. The summed E-state index contributed by atoms with van der Waals surface area (Å²) in [4.78, 5) is 38.1. The number of nitrogens with zero attached hydrogens (tertiary/aromatic N) is 4. The standard InChI is InChI=1S/C21H20FN5O5.C2HF3O2/c1-11(23)20(28)30-10-15-9-27(21(29)32-15)14-4-5-16(17(22)7-14)13-3-6-18(24-8-13)19-26-25-12(2)31-19;3-2(4,5)1(6)7/h3-8,11,15H,9-10,23H2,1-2H3;(H,6,7)/t11?,15-;/m1./s1. The number of pyridine rings is 1. The van der Waals surface area contributed by atoms with Gasteiger partial charge in [0.1, 0.15) is 24.2 Å². The Morgan fingerprint density at radius 2 is 1.95 bits per heavy atom. The number of cyclic esters (lactones) is 1. The molecule has 0 spiro atoms. The van der Waals surface area contributed by atoms with Crippen molar-refractivity contribution in [1.82, 2.24) is 15.2 Å². The van der Waals surface area contributed by atoms with Crippen LogP contribution in [0.15, 0.2) is 40.9 Å². The minimum absolute atomic E-state index is 0.115. The SMILES string of the molecule is Cc1nnc(-c2ccc(-c3ccc(N4C[C@H](COC(=O)C(C)N)OC4=O)cc3F)cn2)o1.O=C(O)C(F)(F)F. The van der Waals surface area contributed by atoms with E-state index in [0.717, 1.165) is 0 Å². The molecule has 4 rings (SSSR count). The summed E-state index contributed by atoms with van der Waals surface area (Å²) in [6, 6.07) is 6.96.